The Hall–Kier alpha value is -3.20. The molecule has 3 aromatic rings. The number of fused-ring (bicyclic) bond motifs is 1. The van der Waals surface area contributed by atoms with Crippen LogP contribution in [0.15, 0.2) is 42.5 Å². The van der Waals surface area contributed by atoms with Crippen LogP contribution in [-0.2, 0) is 6.54 Å². The van der Waals surface area contributed by atoms with Crippen molar-refractivity contribution in [2.45, 2.75) is 13.5 Å². The monoisotopic (exact) mass is 292 g/mol. The first-order valence-electron chi connectivity index (χ1n) is 6.69. The van der Waals surface area contributed by atoms with Crippen LogP contribution >= 0.6 is 0 Å². The highest BCUT2D eigenvalue weighted by Crippen LogP contribution is 2.29. The van der Waals surface area contributed by atoms with E-state index in [0.717, 1.165) is 11.0 Å². The molecule has 0 radical (unpaired) electrons. The fraction of sp³-hybridized carbons (Fsp3) is 0.125. The van der Waals surface area contributed by atoms with Crippen molar-refractivity contribution in [1.29, 1.82) is 5.26 Å². The van der Waals surface area contributed by atoms with Crippen LogP contribution < -0.4 is 0 Å². The molecule has 0 fully saturated rings. The summed E-state index contributed by atoms with van der Waals surface area (Å²) in [6, 6.07) is 14.6. The van der Waals surface area contributed by atoms with E-state index in [1.54, 1.807) is 23.6 Å². The van der Waals surface area contributed by atoms with Gasteiger partial charge in [0.05, 0.1) is 22.0 Å². The van der Waals surface area contributed by atoms with Gasteiger partial charge in [-0.25, -0.2) is 4.98 Å². The van der Waals surface area contributed by atoms with Crippen LogP contribution in [0.3, 0.4) is 0 Å². The second kappa shape index (κ2) is 5.30. The maximum Gasteiger partial charge on any atom is 0.273 e. The Morgan fingerprint density at radius 3 is 2.82 bits per heavy atom. The number of nitriles is 1. The molecule has 108 valence electrons. The third-order valence-corrected chi connectivity index (χ3v) is 3.55. The Morgan fingerprint density at radius 1 is 1.32 bits per heavy atom. The standard InChI is InChI=1S/C16H12N4O2/c1-11-6-7-12(10-15(11)20(21)22)16-18-13-4-2-3-5-14(13)19(16)9-8-17/h2-7,10H,9H2,1H3. The number of rotatable bonds is 3. The zero-order chi connectivity index (χ0) is 15.7. The van der Waals surface area contributed by atoms with E-state index in [2.05, 4.69) is 11.1 Å². The highest BCUT2D eigenvalue weighted by molar-refractivity contribution is 5.81. The SMILES string of the molecule is Cc1ccc(-c2nc3ccccc3n2CC#N)cc1[N+](=O)[O-]. The summed E-state index contributed by atoms with van der Waals surface area (Å²) >= 11 is 0. The molecule has 1 aromatic heterocycles. The Morgan fingerprint density at radius 2 is 2.09 bits per heavy atom. The zero-order valence-electron chi connectivity index (χ0n) is 11.9. The van der Waals surface area contributed by atoms with E-state index in [0.29, 0.717) is 17.0 Å². The molecule has 0 aliphatic rings. The normalized spacial score (nSPS) is 10.5. The van der Waals surface area contributed by atoms with Gasteiger partial charge in [-0.1, -0.05) is 24.3 Å². The zero-order valence-corrected chi connectivity index (χ0v) is 11.9. The predicted molar refractivity (Wildman–Crippen MR) is 82.2 cm³/mol. The second-order valence-corrected chi connectivity index (χ2v) is 4.93. The van der Waals surface area contributed by atoms with Gasteiger partial charge in [-0.3, -0.25) is 10.1 Å². The van der Waals surface area contributed by atoms with E-state index < -0.39 is 4.92 Å². The molecule has 6 nitrogen and oxygen atoms in total. The third-order valence-electron chi connectivity index (χ3n) is 3.55. The van der Waals surface area contributed by atoms with Crippen molar-refractivity contribution in [2.24, 2.45) is 0 Å². The molecule has 0 spiro atoms. The molecule has 0 saturated heterocycles. The van der Waals surface area contributed by atoms with Crippen LogP contribution in [0.5, 0.6) is 0 Å². The summed E-state index contributed by atoms with van der Waals surface area (Å²) in [5, 5.41) is 20.2. The largest absolute Gasteiger partial charge is 0.310 e. The maximum absolute atomic E-state index is 11.1. The Labute approximate surface area is 126 Å². The van der Waals surface area contributed by atoms with Gasteiger partial charge < -0.3 is 4.57 Å². The van der Waals surface area contributed by atoms with Gasteiger partial charge in [-0.2, -0.15) is 5.26 Å². The van der Waals surface area contributed by atoms with Gasteiger partial charge in [0.15, 0.2) is 0 Å². The Bertz CT molecular complexity index is 922. The van der Waals surface area contributed by atoms with Gasteiger partial charge in [0, 0.05) is 17.2 Å². The van der Waals surface area contributed by atoms with Crippen molar-refractivity contribution in [3.05, 3.63) is 58.1 Å². The summed E-state index contributed by atoms with van der Waals surface area (Å²) in [7, 11) is 0. The number of aryl methyl sites for hydroxylation is 1. The van der Waals surface area contributed by atoms with Crippen LogP contribution in [0, 0.1) is 28.4 Å². The third kappa shape index (κ3) is 2.19. The summed E-state index contributed by atoms with van der Waals surface area (Å²) < 4.78 is 1.77. The quantitative estimate of drug-likeness (QED) is 0.546. The molecular formula is C16H12N4O2. The molecule has 2 aromatic carbocycles. The smallest absolute Gasteiger partial charge is 0.273 e. The van der Waals surface area contributed by atoms with Crippen LogP contribution in [0.2, 0.25) is 0 Å². The molecule has 3 rings (SSSR count). The molecule has 1 heterocycles. The van der Waals surface area contributed by atoms with Crippen LogP contribution in [0.1, 0.15) is 5.56 Å². The first-order valence-corrected chi connectivity index (χ1v) is 6.69. The summed E-state index contributed by atoms with van der Waals surface area (Å²) in [5.74, 6) is 0.561. The summed E-state index contributed by atoms with van der Waals surface area (Å²) in [6.45, 7) is 1.83. The van der Waals surface area contributed by atoms with Crippen LogP contribution in [0.4, 0.5) is 5.69 Å². The van der Waals surface area contributed by atoms with Gasteiger partial charge in [0.1, 0.15) is 12.4 Å². The molecule has 0 bridgehead atoms. The van der Waals surface area contributed by atoms with Crippen molar-refractivity contribution in [1.82, 2.24) is 9.55 Å². The van der Waals surface area contributed by atoms with Crippen LogP contribution in [-0.4, -0.2) is 14.5 Å². The highest BCUT2D eigenvalue weighted by atomic mass is 16.6. The van der Waals surface area contributed by atoms with Gasteiger partial charge >= 0.3 is 0 Å². The Kier molecular flexibility index (Phi) is 3.31. The molecule has 0 atom stereocenters. The maximum atomic E-state index is 11.1. The number of nitro groups is 1. The summed E-state index contributed by atoms with van der Waals surface area (Å²) in [6.07, 6.45) is 0. The fourth-order valence-electron chi connectivity index (χ4n) is 2.47. The molecular weight excluding hydrogens is 280 g/mol. The topological polar surface area (TPSA) is 84.8 Å². The van der Waals surface area contributed by atoms with Gasteiger partial charge in [-0.05, 0) is 19.1 Å². The number of nitrogens with zero attached hydrogens (tertiary/aromatic N) is 4. The van der Waals surface area contributed by atoms with Crippen molar-refractivity contribution in [2.75, 3.05) is 0 Å². The number of hydrogen-bond donors (Lipinski definition) is 0. The molecule has 0 aliphatic heterocycles. The molecule has 22 heavy (non-hydrogen) atoms. The predicted octanol–water partition coefficient (Wildman–Crippen LogP) is 3.44. The molecule has 0 N–H and O–H groups in total. The van der Waals surface area contributed by atoms with E-state index in [1.165, 1.54) is 6.07 Å². The van der Waals surface area contributed by atoms with E-state index in [9.17, 15) is 10.1 Å². The lowest BCUT2D eigenvalue weighted by Gasteiger charge is -2.06. The highest BCUT2D eigenvalue weighted by Gasteiger charge is 2.16. The van der Waals surface area contributed by atoms with Crippen LogP contribution in [0.25, 0.3) is 22.4 Å². The van der Waals surface area contributed by atoms with E-state index in [4.69, 9.17) is 5.26 Å². The first kappa shape index (κ1) is 13.8. The molecule has 0 aliphatic carbocycles. The molecule has 6 heteroatoms. The number of para-hydroxylation sites is 2. The number of hydrogen-bond acceptors (Lipinski definition) is 4. The van der Waals surface area contributed by atoms with Gasteiger partial charge in [0.2, 0.25) is 0 Å². The van der Waals surface area contributed by atoms with E-state index >= 15 is 0 Å². The van der Waals surface area contributed by atoms with E-state index in [-0.39, 0.29) is 12.2 Å². The van der Waals surface area contributed by atoms with Crippen molar-refractivity contribution >= 4 is 16.7 Å². The lowest BCUT2D eigenvalue weighted by atomic mass is 10.1. The first-order chi connectivity index (χ1) is 10.6. The molecule has 0 amide bonds. The van der Waals surface area contributed by atoms with Gasteiger partial charge in [0.25, 0.3) is 5.69 Å². The van der Waals surface area contributed by atoms with Gasteiger partial charge in [-0.15, -0.1) is 0 Å². The lowest BCUT2D eigenvalue weighted by molar-refractivity contribution is -0.385. The summed E-state index contributed by atoms with van der Waals surface area (Å²) in [4.78, 5) is 15.2. The van der Waals surface area contributed by atoms with Crippen molar-refractivity contribution in [3.8, 4) is 17.5 Å². The second-order valence-electron chi connectivity index (χ2n) is 4.93. The molecule has 0 saturated carbocycles. The minimum Gasteiger partial charge on any atom is -0.310 e. The fourth-order valence-corrected chi connectivity index (χ4v) is 2.47. The van der Waals surface area contributed by atoms with Crippen molar-refractivity contribution < 1.29 is 4.92 Å². The van der Waals surface area contributed by atoms with E-state index in [1.807, 2.05) is 24.3 Å². The number of nitro benzene ring substituents is 1. The lowest BCUT2D eigenvalue weighted by Crippen LogP contribution is -2.00. The minimum absolute atomic E-state index is 0.0491. The minimum atomic E-state index is -0.407. The number of aromatic nitrogens is 2. The summed E-state index contributed by atoms with van der Waals surface area (Å²) in [5.41, 5.74) is 2.87. The average Bonchev–Trinajstić information content (AvgIpc) is 2.87. The number of benzene rings is 2. The molecule has 0 unspecified atom stereocenters. The Balaban J connectivity index is 2.26. The average molecular weight is 292 g/mol. The van der Waals surface area contributed by atoms with Crippen molar-refractivity contribution in [3.63, 3.8) is 0 Å². The number of imidazole rings is 1.